The zero-order valence-electron chi connectivity index (χ0n) is 10.8. The van der Waals surface area contributed by atoms with Gasteiger partial charge in [-0.25, -0.2) is 0 Å². The van der Waals surface area contributed by atoms with Crippen molar-refractivity contribution in [3.8, 4) is 5.75 Å². The molecule has 0 aliphatic carbocycles. The van der Waals surface area contributed by atoms with Crippen molar-refractivity contribution in [2.24, 2.45) is 0 Å². The summed E-state index contributed by atoms with van der Waals surface area (Å²) in [5, 5.41) is 7.81. The standard InChI is InChI=1S/C15H12N2O2S/c1-19-13-7-6-9-4-2-3-5-10(9)11(13)8-12-14(18)17-15(20)16-12/h2-8H,1H3,(H2,16,17,18,20)/b12-8-. The molecule has 2 aromatic rings. The van der Waals surface area contributed by atoms with Crippen LogP contribution in [0, 0.1) is 0 Å². The van der Waals surface area contributed by atoms with Crippen molar-refractivity contribution in [2.75, 3.05) is 7.11 Å². The Morgan fingerprint density at radius 3 is 2.65 bits per heavy atom. The molecular weight excluding hydrogens is 272 g/mol. The summed E-state index contributed by atoms with van der Waals surface area (Å²) < 4.78 is 5.39. The van der Waals surface area contributed by atoms with Gasteiger partial charge in [-0.1, -0.05) is 30.3 Å². The van der Waals surface area contributed by atoms with Gasteiger partial charge in [0.05, 0.1) is 7.11 Å². The van der Waals surface area contributed by atoms with E-state index in [1.807, 2.05) is 36.4 Å². The molecule has 100 valence electrons. The van der Waals surface area contributed by atoms with Gasteiger partial charge in [-0.2, -0.15) is 0 Å². The first-order valence-electron chi connectivity index (χ1n) is 6.09. The number of hydrogen-bond acceptors (Lipinski definition) is 3. The second-order valence-corrected chi connectivity index (χ2v) is 4.78. The highest BCUT2D eigenvalue weighted by Gasteiger charge is 2.21. The Kier molecular flexibility index (Phi) is 3.12. The smallest absolute Gasteiger partial charge is 0.273 e. The molecule has 1 fully saturated rings. The van der Waals surface area contributed by atoms with Crippen molar-refractivity contribution in [3.63, 3.8) is 0 Å². The van der Waals surface area contributed by atoms with Crippen LogP contribution in [0.4, 0.5) is 0 Å². The molecule has 1 amide bonds. The van der Waals surface area contributed by atoms with Crippen LogP contribution < -0.4 is 15.4 Å². The summed E-state index contributed by atoms with van der Waals surface area (Å²) in [6.07, 6.45) is 1.76. The molecule has 0 spiro atoms. The van der Waals surface area contributed by atoms with Crippen LogP contribution in [0.5, 0.6) is 5.75 Å². The first-order chi connectivity index (χ1) is 9.69. The molecule has 3 rings (SSSR count). The number of hydrogen-bond donors (Lipinski definition) is 2. The van der Waals surface area contributed by atoms with E-state index in [4.69, 9.17) is 17.0 Å². The largest absolute Gasteiger partial charge is 0.496 e. The lowest BCUT2D eigenvalue weighted by Gasteiger charge is -2.09. The Hall–Kier alpha value is -2.40. The van der Waals surface area contributed by atoms with Crippen LogP contribution in [0.1, 0.15) is 5.56 Å². The molecule has 2 N–H and O–H groups in total. The number of ether oxygens (including phenoxy) is 1. The SMILES string of the molecule is COc1ccc2ccccc2c1/C=C1\NC(=S)NC1=O. The number of fused-ring (bicyclic) bond motifs is 1. The molecule has 0 unspecified atom stereocenters. The van der Waals surface area contributed by atoms with E-state index >= 15 is 0 Å². The van der Waals surface area contributed by atoms with E-state index in [-0.39, 0.29) is 5.91 Å². The molecule has 0 atom stereocenters. The number of nitrogens with one attached hydrogen (secondary N) is 2. The number of carbonyl (C=O) groups is 1. The number of thiocarbonyl (C=S) groups is 1. The summed E-state index contributed by atoms with van der Waals surface area (Å²) in [7, 11) is 1.61. The summed E-state index contributed by atoms with van der Waals surface area (Å²) in [5.74, 6) is 0.480. The fourth-order valence-electron chi connectivity index (χ4n) is 2.23. The maximum absolute atomic E-state index is 11.8. The monoisotopic (exact) mass is 284 g/mol. The predicted octanol–water partition coefficient (Wildman–Crippen LogP) is 2.19. The zero-order chi connectivity index (χ0) is 14.1. The van der Waals surface area contributed by atoms with Crippen molar-refractivity contribution in [1.29, 1.82) is 0 Å². The van der Waals surface area contributed by atoms with E-state index in [1.165, 1.54) is 0 Å². The lowest BCUT2D eigenvalue weighted by atomic mass is 10.0. The third-order valence-electron chi connectivity index (χ3n) is 3.16. The molecule has 1 heterocycles. The lowest BCUT2D eigenvalue weighted by Crippen LogP contribution is -2.21. The van der Waals surface area contributed by atoms with Crippen molar-refractivity contribution < 1.29 is 9.53 Å². The highest BCUT2D eigenvalue weighted by Crippen LogP contribution is 2.30. The summed E-state index contributed by atoms with van der Waals surface area (Å²) in [4.78, 5) is 11.8. The van der Waals surface area contributed by atoms with Crippen molar-refractivity contribution in [2.45, 2.75) is 0 Å². The Morgan fingerprint density at radius 2 is 1.95 bits per heavy atom. The van der Waals surface area contributed by atoms with Crippen LogP contribution in [0.3, 0.4) is 0 Å². The third-order valence-corrected chi connectivity index (χ3v) is 3.36. The number of carbonyl (C=O) groups excluding carboxylic acids is 1. The summed E-state index contributed by atoms with van der Waals surface area (Å²) >= 11 is 4.93. The predicted molar refractivity (Wildman–Crippen MR) is 82.4 cm³/mol. The molecule has 0 radical (unpaired) electrons. The molecule has 4 nitrogen and oxygen atoms in total. The van der Waals surface area contributed by atoms with Crippen molar-refractivity contribution >= 4 is 40.1 Å². The van der Waals surface area contributed by atoms with Gasteiger partial charge in [-0.15, -0.1) is 0 Å². The van der Waals surface area contributed by atoms with Gasteiger partial charge in [-0.05, 0) is 35.1 Å². The number of benzene rings is 2. The van der Waals surface area contributed by atoms with E-state index in [2.05, 4.69) is 10.6 Å². The van der Waals surface area contributed by atoms with E-state index in [0.717, 1.165) is 16.3 Å². The summed E-state index contributed by atoms with van der Waals surface area (Å²) in [5.41, 5.74) is 1.28. The molecule has 20 heavy (non-hydrogen) atoms. The van der Waals surface area contributed by atoms with Crippen LogP contribution in [0.15, 0.2) is 42.1 Å². The Labute approximate surface area is 121 Å². The number of rotatable bonds is 2. The van der Waals surface area contributed by atoms with E-state index in [0.29, 0.717) is 16.6 Å². The second-order valence-electron chi connectivity index (χ2n) is 4.37. The zero-order valence-corrected chi connectivity index (χ0v) is 11.6. The average molecular weight is 284 g/mol. The van der Waals surface area contributed by atoms with Crippen LogP contribution in [0.25, 0.3) is 16.8 Å². The van der Waals surface area contributed by atoms with Gasteiger partial charge in [0.1, 0.15) is 11.4 Å². The molecule has 5 heteroatoms. The quantitative estimate of drug-likeness (QED) is 0.655. The van der Waals surface area contributed by atoms with Gasteiger partial charge in [0.15, 0.2) is 5.11 Å². The Morgan fingerprint density at radius 1 is 1.15 bits per heavy atom. The maximum Gasteiger partial charge on any atom is 0.273 e. The first-order valence-corrected chi connectivity index (χ1v) is 6.49. The molecule has 1 saturated heterocycles. The normalized spacial score (nSPS) is 16.4. The number of methoxy groups -OCH3 is 1. The van der Waals surface area contributed by atoms with Crippen LogP contribution >= 0.6 is 12.2 Å². The van der Waals surface area contributed by atoms with Gasteiger partial charge < -0.3 is 10.1 Å². The highest BCUT2D eigenvalue weighted by atomic mass is 32.1. The van der Waals surface area contributed by atoms with Gasteiger partial charge in [0, 0.05) is 5.56 Å². The molecule has 1 aliphatic heterocycles. The fraction of sp³-hybridized carbons (Fsp3) is 0.0667. The third kappa shape index (κ3) is 2.12. The van der Waals surface area contributed by atoms with Crippen molar-refractivity contribution in [1.82, 2.24) is 10.6 Å². The molecule has 1 aliphatic rings. The average Bonchev–Trinajstić information content (AvgIpc) is 2.77. The van der Waals surface area contributed by atoms with E-state index in [9.17, 15) is 4.79 Å². The van der Waals surface area contributed by atoms with Crippen molar-refractivity contribution in [3.05, 3.63) is 47.7 Å². The number of amides is 1. The Balaban J connectivity index is 2.21. The van der Waals surface area contributed by atoms with Crippen LogP contribution in [-0.2, 0) is 4.79 Å². The molecule has 0 aromatic heterocycles. The van der Waals surface area contributed by atoms with Gasteiger partial charge in [-0.3, -0.25) is 10.1 Å². The summed E-state index contributed by atoms with van der Waals surface area (Å²) in [6, 6.07) is 11.8. The Bertz CT molecular complexity index is 753. The van der Waals surface area contributed by atoms with E-state index < -0.39 is 0 Å². The molecular formula is C15H12N2O2S. The van der Waals surface area contributed by atoms with Crippen LogP contribution in [-0.4, -0.2) is 18.1 Å². The topological polar surface area (TPSA) is 50.4 Å². The van der Waals surface area contributed by atoms with E-state index in [1.54, 1.807) is 13.2 Å². The minimum absolute atomic E-state index is 0.231. The highest BCUT2D eigenvalue weighted by molar-refractivity contribution is 7.80. The second kappa shape index (κ2) is 4.94. The van der Waals surface area contributed by atoms with Gasteiger partial charge in [0.25, 0.3) is 5.91 Å². The molecule has 2 aromatic carbocycles. The first kappa shape index (κ1) is 12.6. The van der Waals surface area contributed by atoms with Gasteiger partial charge in [0.2, 0.25) is 0 Å². The molecule has 0 bridgehead atoms. The lowest BCUT2D eigenvalue weighted by molar-refractivity contribution is -0.115. The maximum atomic E-state index is 11.8. The van der Waals surface area contributed by atoms with Crippen LogP contribution in [0.2, 0.25) is 0 Å². The minimum Gasteiger partial charge on any atom is -0.496 e. The fourth-order valence-corrected chi connectivity index (χ4v) is 2.43. The molecule has 0 saturated carbocycles. The van der Waals surface area contributed by atoms with Gasteiger partial charge >= 0.3 is 0 Å². The minimum atomic E-state index is -0.231. The summed E-state index contributed by atoms with van der Waals surface area (Å²) in [6.45, 7) is 0.